The first-order valence-electron chi connectivity index (χ1n) is 20.4. The van der Waals surface area contributed by atoms with E-state index in [-0.39, 0.29) is 5.41 Å². The standard InChI is InChI=1S/C56H38N2S/c1-56(2)49-18-6-5-15-45(49)47-33-41(26-29-50(47)56)38-13-9-14-39(31-38)42-27-30-52-48(34-42)46-17-10-16-44(54(46)58(52)43-28-25-35-11-3-4-12-40(35)32-43)36-21-23-37(24-22-36)55-57-51-19-7-8-20-53(51)59-55/h3-34H,1-2H3. The number of rotatable bonds is 5. The average molecular weight is 771 g/mol. The van der Waals surface area contributed by atoms with Crippen LogP contribution in [-0.2, 0) is 5.41 Å². The van der Waals surface area contributed by atoms with Crippen molar-refractivity contribution in [3.05, 3.63) is 205 Å². The highest BCUT2D eigenvalue weighted by atomic mass is 32.1. The molecule has 12 rings (SSSR count). The second-order valence-electron chi connectivity index (χ2n) is 16.4. The van der Waals surface area contributed by atoms with Gasteiger partial charge in [-0.15, -0.1) is 11.3 Å². The van der Waals surface area contributed by atoms with E-state index in [4.69, 9.17) is 4.98 Å². The fraction of sp³-hybridized carbons (Fsp3) is 0.0536. The van der Waals surface area contributed by atoms with Gasteiger partial charge in [-0.2, -0.15) is 0 Å². The molecule has 0 atom stereocenters. The van der Waals surface area contributed by atoms with Gasteiger partial charge in [0.1, 0.15) is 5.01 Å². The zero-order valence-electron chi connectivity index (χ0n) is 32.8. The highest BCUT2D eigenvalue weighted by molar-refractivity contribution is 7.21. The Labute approximate surface area is 347 Å². The highest BCUT2D eigenvalue weighted by Gasteiger charge is 2.35. The molecular weight excluding hydrogens is 733 g/mol. The molecule has 0 radical (unpaired) electrons. The van der Waals surface area contributed by atoms with Gasteiger partial charge >= 0.3 is 0 Å². The third-order valence-corrected chi connectivity index (χ3v) is 13.7. The van der Waals surface area contributed by atoms with Crippen LogP contribution < -0.4 is 0 Å². The lowest BCUT2D eigenvalue weighted by atomic mass is 9.82. The van der Waals surface area contributed by atoms with Crippen molar-refractivity contribution in [1.82, 2.24) is 9.55 Å². The average Bonchev–Trinajstić information content (AvgIpc) is 3.94. The van der Waals surface area contributed by atoms with Gasteiger partial charge in [0, 0.05) is 33.0 Å². The van der Waals surface area contributed by atoms with E-state index in [0.717, 1.165) is 21.8 Å². The summed E-state index contributed by atoms with van der Waals surface area (Å²) in [6.45, 7) is 4.68. The zero-order valence-corrected chi connectivity index (χ0v) is 33.6. The Morgan fingerprint density at radius 2 is 1.10 bits per heavy atom. The summed E-state index contributed by atoms with van der Waals surface area (Å²) in [5.41, 5.74) is 18.5. The molecule has 2 nitrogen and oxygen atoms in total. The molecule has 0 N–H and O–H groups in total. The van der Waals surface area contributed by atoms with Gasteiger partial charge in [-0.1, -0.05) is 159 Å². The summed E-state index contributed by atoms with van der Waals surface area (Å²) in [5, 5.41) is 5.98. The number of aromatic nitrogens is 2. The number of nitrogens with zero attached hydrogens (tertiary/aromatic N) is 2. The van der Waals surface area contributed by atoms with Crippen LogP contribution in [0.5, 0.6) is 0 Å². The second-order valence-corrected chi connectivity index (χ2v) is 17.4. The SMILES string of the molecule is CC1(C)c2ccccc2-c2cc(-c3cccc(-c4ccc5c(c4)c4cccc(-c6ccc(-c7nc8ccccc8s7)cc6)c4n5-c4ccc5ccccc5c4)c3)ccc21. The molecule has 3 heteroatoms. The van der Waals surface area contributed by atoms with E-state index in [0.29, 0.717) is 0 Å². The maximum Gasteiger partial charge on any atom is 0.124 e. The smallest absolute Gasteiger partial charge is 0.124 e. The molecule has 0 amide bonds. The van der Waals surface area contributed by atoms with Crippen LogP contribution in [0, 0.1) is 0 Å². The topological polar surface area (TPSA) is 17.8 Å². The molecular formula is C56H38N2S. The Kier molecular flexibility index (Phi) is 7.48. The van der Waals surface area contributed by atoms with Crippen LogP contribution in [0.2, 0.25) is 0 Å². The maximum atomic E-state index is 4.94. The van der Waals surface area contributed by atoms with Crippen molar-refractivity contribution in [3.63, 3.8) is 0 Å². The lowest BCUT2D eigenvalue weighted by Crippen LogP contribution is -2.14. The molecule has 0 saturated heterocycles. The van der Waals surface area contributed by atoms with E-state index in [2.05, 4.69) is 213 Å². The largest absolute Gasteiger partial charge is 0.309 e. The first-order valence-corrected chi connectivity index (χ1v) is 21.2. The number of thiazole rings is 1. The number of hydrogen-bond acceptors (Lipinski definition) is 2. The van der Waals surface area contributed by atoms with Gasteiger partial charge < -0.3 is 4.57 Å². The lowest BCUT2D eigenvalue weighted by Gasteiger charge is -2.21. The van der Waals surface area contributed by atoms with Crippen LogP contribution >= 0.6 is 11.3 Å². The molecule has 59 heavy (non-hydrogen) atoms. The van der Waals surface area contributed by atoms with E-state index in [1.165, 1.54) is 92.9 Å². The van der Waals surface area contributed by atoms with E-state index < -0.39 is 0 Å². The van der Waals surface area contributed by atoms with Gasteiger partial charge in [0.2, 0.25) is 0 Å². The van der Waals surface area contributed by atoms with Crippen molar-refractivity contribution in [1.29, 1.82) is 0 Å². The van der Waals surface area contributed by atoms with E-state index in [1.807, 2.05) is 0 Å². The third kappa shape index (κ3) is 5.35. The van der Waals surface area contributed by atoms with Crippen molar-refractivity contribution >= 4 is 54.1 Å². The summed E-state index contributed by atoms with van der Waals surface area (Å²) in [5.74, 6) is 0. The molecule has 0 saturated carbocycles. The highest BCUT2D eigenvalue weighted by Crippen LogP contribution is 2.50. The first kappa shape index (κ1) is 34.0. The summed E-state index contributed by atoms with van der Waals surface area (Å²) in [4.78, 5) is 4.94. The van der Waals surface area contributed by atoms with Crippen molar-refractivity contribution < 1.29 is 0 Å². The summed E-state index contributed by atoms with van der Waals surface area (Å²) < 4.78 is 3.68. The molecule has 0 unspecified atom stereocenters. The van der Waals surface area contributed by atoms with Crippen molar-refractivity contribution in [3.8, 4) is 60.8 Å². The lowest BCUT2D eigenvalue weighted by molar-refractivity contribution is 0.660. The fourth-order valence-electron chi connectivity index (χ4n) is 9.63. The van der Waals surface area contributed by atoms with Crippen LogP contribution in [0.15, 0.2) is 194 Å². The summed E-state index contributed by atoms with van der Waals surface area (Å²) in [7, 11) is 0. The normalized spacial score (nSPS) is 13.1. The number of benzene rings is 9. The van der Waals surface area contributed by atoms with Crippen LogP contribution in [0.25, 0.3) is 104 Å². The van der Waals surface area contributed by atoms with Gasteiger partial charge in [0.15, 0.2) is 0 Å². The van der Waals surface area contributed by atoms with E-state index in [9.17, 15) is 0 Å². The minimum Gasteiger partial charge on any atom is -0.309 e. The predicted molar refractivity (Wildman–Crippen MR) is 251 cm³/mol. The Balaban J connectivity index is 1.00. The molecule has 0 spiro atoms. The van der Waals surface area contributed by atoms with E-state index >= 15 is 0 Å². The Hall–Kier alpha value is -7.07. The number of fused-ring (bicyclic) bond motifs is 8. The van der Waals surface area contributed by atoms with Gasteiger partial charge in [-0.25, -0.2) is 4.98 Å². The van der Waals surface area contributed by atoms with Gasteiger partial charge in [-0.05, 0) is 109 Å². The molecule has 2 aromatic heterocycles. The predicted octanol–water partition coefficient (Wildman–Crippen LogP) is 15.5. The Morgan fingerprint density at radius 3 is 1.97 bits per heavy atom. The summed E-state index contributed by atoms with van der Waals surface area (Å²) >= 11 is 1.74. The molecule has 1 aliphatic rings. The summed E-state index contributed by atoms with van der Waals surface area (Å²) in [6, 6.07) is 71.6. The Bertz CT molecular complexity index is 3440. The monoisotopic (exact) mass is 770 g/mol. The number of para-hydroxylation sites is 2. The first-order chi connectivity index (χ1) is 29.0. The van der Waals surface area contributed by atoms with Gasteiger partial charge in [0.25, 0.3) is 0 Å². The Morgan fingerprint density at radius 1 is 0.441 bits per heavy atom. The molecule has 1 aliphatic carbocycles. The zero-order chi connectivity index (χ0) is 39.2. The minimum absolute atomic E-state index is 0.00573. The molecule has 11 aromatic rings. The molecule has 2 heterocycles. The fourth-order valence-corrected chi connectivity index (χ4v) is 10.6. The van der Waals surface area contributed by atoms with Crippen molar-refractivity contribution in [2.45, 2.75) is 19.3 Å². The van der Waals surface area contributed by atoms with Crippen molar-refractivity contribution in [2.75, 3.05) is 0 Å². The number of hydrogen-bond donors (Lipinski definition) is 0. The van der Waals surface area contributed by atoms with Crippen molar-refractivity contribution in [2.24, 2.45) is 0 Å². The van der Waals surface area contributed by atoms with E-state index in [1.54, 1.807) is 11.3 Å². The maximum absolute atomic E-state index is 4.94. The van der Waals surface area contributed by atoms with Gasteiger partial charge in [0.05, 0.1) is 21.3 Å². The molecule has 9 aromatic carbocycles. The van der Waals surface area contributed by atoms with Gasteiger partial charge in [-0.3, -0.25) is 0 Å². The second kappa shape index (κ2) is 13.0. The quantitative estimate of drug-likeness (QED) is 0.170. The minimum atomic E-state index is -0.00573. The molecule has 0 bridgehead atoms. The van der Waals surface area contributed by atoms with Crippen LogP contribution in [0.3, 0.4) is 0 Å². The van der Waals surface area contributed by atoms with Crippen LogP contribution in [0.1, 0.15) is 25.0 Å². The third-order valence-electron chi connectivity index (χ3n) is 12.6. The molecule has 278 valence electrons. The van der Waals surface area contributed by atoms with Crippen LogP contribution in [0.4, 0.5) is 0 Å². The summed E-state index contributed by atoms with van der Waals surface area (Å²) in [6.07, 6.45) is 0. The molecule has 0 fully saturated rings. The molecule has 0 aliphatic heterocycles. The van der Waals surface area contributed by atoms with Crippen LogP contribution in [-0.4, -0.2) is 9.55 Å².